The van der Waals surface area contributed by atoms with Gasteiger partial charge in [-0.15, -0.1) is 0 Å². The number of anilines is 4. The van der Waals surface area contributed by atoms with Crippen molar-refractivity contribution in [2.45, 2.75) is 85.7 Å². The Morgan fingerprint density at radius 1 is 0.765 bits per heavy atom. The van der Waals surface area contributed by atoms with Crippen LogP contribution in [0.3, 0.4) is 0 Å². The SMILES string of the molecule is CC(C)(C)OC(=O)N(C(=O)OC(C)(C)C)c1ccc(C#Cc2ccc3c(c2)N(C(=O)OC(C)(C)C)c2nccc(N4CCOCC4)c2CO3)cn1. The number of benzene rings is 1. The minimum atomic E-state index is -0.919. The summed E-state index contributed by atoms with van der Waals surface area (Å²) in [7, 11) is 0. The molecule has 0 spiro atoms. The van der Waals surface area contributed by atoms with Crippen LogP contribution < -0.4 is 19.4 Å². The van der Waals surface area contributed by atoms with Crippen molar-refractivity contribution < 1.29 is 38.1 Å². The first-order valence-corrected chi connectivity index (χ1v) is 16.7. The highest BCUT2D eigenvalue weighted by Crippen LogP contribution is 2.42. The van der Waals surface area contributed by atoms with Crippen LogP contribution in [0.2, 0.25) is 0 Å². The molecule has 2 aliphatic heterocycles. The van der Waals surface area contributed by atoms with Gasteiger partial charge < -0.3 is 28.6 Å². The van der Waals surface area contributed by atoms with Gasteiger partial charge in [0.25, 0.3) is 0 Å². The number of amides is 3. The van der Waals surface area contributed by atoms with Crippen LogP contribution in [0.25, 0.3) is 0 Å². The van der Waals surface area contributed by atoms with Crippen LogP contribution >= 0.6 is 0 Å². The third kappa shape index (κ3) is 9.46. The molecule has 270 valence electrons. The lowest BCUT2D eigenvalue weighted by atomic mass is 10.1. The van der Waals surface area contributed by atoms with Gasteiger partial charge in [0.05, 0.1) is 24.5 Å². The van der Waals surface area contributed by atoms with Gasteiger partial charge in [-0.25, -0.2) is 29.3 Å². The lowest BCUT2D eigenvalue weighted by Crippen LogP contribution is -2.44. The summed E-state index contributed by atoms with van der Waals surface area (Å²) in [6.07, 6.45) is 0.679. The zero-order valence-electron chi connectivity index (χ0n) is 30.7. The Kier molecular flexibility index (Phi) is 10.5. The molecule has 0 bridgehead atoms. The topological polar surface area (TPSA) is 133 Å². The Hall–Kier alpha value is -5.35. The largest absolute Gasteiger partial charge is 0.486 e. The normalized spacial score (nSPS) is 14.5. The summed E-state index contributed by atoms with van der Waals surface area (Å²) >= 11 is 0. The van der Waals surface area contributed by atoms with E-state index in [1.165, 1.54) is 17.2 Å². The number of carbonyl (C=O) groups is 3. The average Bonchev–Trinajstić information content (AvgIpc) is 3.19. The lowest BCUT2D eigenvalue weighted by molar-refractivity contribution is 0.0427. The van der Waals surface area contributed by atoms with Crippen LogP contribution in [0, 0.1) is 11.8 Å². The lowest BCUT2D eigenvalue weighted by Gasteiger charge is -2.32. The number of carbonyl (C=O) groups excluding carboxylic acids is 3. The molecule has 0 saturated carbocycles. The Morgan fingerprint density at radius 2 is 1.37 bits per heavy atom. The molecule has 2 aromatic heterocycles. The predicted molar refractivity (Wildman–Crippen MR) is 192 cm³/mol. The van der Waals surface area contributed by atoms with Gasteiger partial charge in [-0.05, 0) is 98.7 Å². The number of pyridine rings is 2. The van der Waals surface area contributed by atoms with Gasteiger partial charge in [0.2, 0.25) is 0 Å². The van der Waals surface area contributed by atoms with E-state index in [9.17, 15) is 14.4 Å². The number of morpholine rings is 1. The zero-order valence-corrected chi connectivity index (χ0v) is 30.7. The molecule has 1 aromatic carbocycles. The summed E-state index contributed by atoms with van der Waals surface area (Å²) in [6.45, 7) is 18.4. The van der Waals surface area contributed by atoms with E-state index in [0.717, 1.165) is 16.2 Å². The first kappa shape index (κ1) is 36.9. The van der Waals surface area contributed by atoms with Crippen molar-refractivity contribution in [2.75, 3.05) is 41.0 Å². The van der Waals surface area contributed by atoms with E-state index in [0.29, 0.717) is 54.7 Å². The van der Waals surface area contributed by atoms with Crippen molar-refractivity contribution in [1.29, 1.82) is 0 Å². The highest BCUT2D eigenvalue weighted by Gasteiger charge is 2.35. The molecule has 51 heavy (non-hydrogen) atoms. The fraction of sp³-hybridized carbons (Fsp3) is 0.447. The molecular weight excluding hydrogens is 654 g/mol. The maximum Gasteiger partial charge on any atom is 0.425 e. The molecule has 0 aliphatic carbocycles. The van der Waals surface area contributed by atoms with E-state index < -0.39 is 35.1 Å². The molecular formula is C38H45N5O8. The van der Waals surface area contributed by atoms with Crippen LogP contribution in [0.1, 0.15) is 79.0 Å². The number of hydrogen-bond donors (Lipinski definition) is 0. The Balaban J connectivity index is 1.48. The van der Waals surface area contributed by atoms with Gasteiger partial charge in [-0.3, -0.25) is 0 Å². The maximum absolute atomic E-state index is 13.9. The molecule has 3 aromatic rings. The van der Waals surface area contributed by atoms with Gasteiger partial charge in [0, 0.05) is 42.3 Å². The summed E-state index contributed by atoms with van der Waals surface area (Å²) in [4.78, 5) is 53.3. The van der Waals surface area contributed by atoms with Crippen molar-refractivity contribution in [3.8, 4) is 17.6 Å². The second kappa shape index (κ2) is 14.5. The summed E-state index contributed by atoms with van der Waals surface area (Å²) in [5, 5.41) is 0. The molecule has 2 aliphatic rings. The molecule has 0 unspecified atom stereocenters. The van der Waals surface area contributed by atoms with Crippen molar-refractivity contribution in [2.24, 2.45) is 0 Å². The van der Waals surface area contributed by atoms with E-state index in [-0.39, 0.29) is 12.4 Å². The van der Waals surface area contributed by atoms with E-state index in [4.69, 9.17) is 23.7 Å². The second-order valence-corrected chi connectivity index (χ2v) is 15.0. The van der Waals surface area contributed by atoms with Crippen LogP contribution in [0.4, 0.5) is 37.4 Å². The van der Waals surface area contributed by atoms with Gasteiger partial charge >= 0.3 is 18.3 Å². The molecule has 4 heterocycles. The van der Waals surface area contributed by atoms with Gasteiger partial charge in [0.1, 0.15) is 35.0 Å². The van der Waals surface area contributed by atoms with Crippen molar-refractivity contribution in [3.05, 3.63) is 65.5 Å². The smallest absolute Gasteiger partial charge is 0.425 e. The van der Waals surface area contributed by atoms with Crippen LogP contribution in [0.15, 0.2) is 48.8 Å². The molecule has 13 nitrogen and oxygen atoms in total. The van der Waals surface area contributed by atoms with Crippen molar-refractivity contribution in [3.63, 3.8) is 0 Å². The Bertz CT molecular complexity index is 1810. The molecule has 3 amide bonds. The van der Waals surface area contributed by atoms with Gasteiger partial charge in [-0.2, -0.15) is 4.90 Å². The molecule has 1 fully saturated rings. The third-order valence-corrected chi connectivity index (χ3v) is 7.20. The maximum atomic E-state index is 13.9. The molecule has 1 saturated heterocycles. The fourth-order valence-electron chi connectivity index (χ4n) is 5.16. The fourth-order valence-corrected chi connectivity index (χ4v) is 5.16. The van der Waals surface area contributed by atoms with Gasteiger partial charge in [-0.1, -0.05) is 11.8 Å². The summed E-state index contributed by atoms with van der Waals surface area (Å²) < 4.78 is 28.6. The second-order valence-electron chi connectivity index (χ2n) is 15.0. The van der Waals surface area contributed by atoms with Crippen LogP contribution in [-0.2, 0) is 25.6 Å². The first-order valence-electron chi connectivity index (χ1n) is 16.7. The monoisotopic (exact) mass is 699 g/mol. The summed E-state index contributed by atoms with van der Waals surface area (Å²) in [5.41, 5.74) is 0.695. The predicted octanol–water partition coefficient (Wildman–Crippen LogP) is 7.36. The highest BCUT2D eigenvalue weighted by molar-refractivity contribution is 6.08. The Morgan fingerprint density at radius 3 is 1.96 bits per heavy atom. The first-order chi connectivity index (χ1) is 23.9. The molecule has 0 N–H and O–H groups in total. The number of fused-ring (bicyclic) bond motifs is 2. The number of ether oxygens (including phenoxy) is 5. The summed E-state index contributed by atoms with van der Waals surface area (Å²) in [6, 6.07) is 10.3. The number of imide groups is 1. The zero-order chi connectivity index (χ0) is 37.1. The standard InChI is InChI=1S/C38H45N5O8/c1-36(2,3)49-33(44)42-29-22-25(12-14-30(29)48-24-27-28(16-17-39-32(27)42)41-18-20-47-21-19-41)10-11-26-13-15-31(40-23-26)43(34(45)50-37(4,5)6)35(46)51-38(7,8)9/h12-17,22-23H,18-21,24H2,1-9H3. The van der Waals surface area contributed by atoms with E-state index in [2.05, 4.69) is 26.7 Å². The van der Waals surface area contributed by atoms with Crippen molar-refractivity contribution in [1.82, 2.24) is 9.97 Å². The molecule has 0 atom stereocenters. The Labute approximate surface area is 298 Å². The van der Waals surface area contributed by atoms with Crippen molar-refractivity contribution >= 4 is 41.3 Å². The van der Waals surface area contributed by atoms with Gasteiger partial charge in [0.15, 0.2) is 5.82 Å². The molecule has 5 rings (SSSR count). The third-order valence-electron chi connectivity index (χ3n) is 7.20. The molecule has 0 radical (unpaired) electrons. The quantitative estimate of drug-likeness (QED) is 0.196. The molecule has 13 heteroatoms. The van der Waals surface area contributed by atoms with E-state index >= 15 is 0 Å². The number of aromatic nitrogens is 2. The van der Waals surface area contributed by atoms with E-state index in [1.807, 2.05) is 6.07 Å². The summed E-state index contributed by atoms with van der Waals surface area (Å²) in [5.74, 6) is 7.08. The number of nitrogens with zero attached hydrogens (tertiary/aromatic N) is 5. The average molecular weight is 700 g/mol. The number of rotatable bonds is 2. The number of hydrogen-bond acceptors (Lipinski definition) is 11. The minimum absolute atomic E-state index is 0.0156. The minimum Gasteiger partial charge on any atom is -0.486 e. The van der Waals surface area contributed by atoms with Crippen LogP contribution in [-0.4, -0.2) is 71.4 Å². The van der Waals surface area contributed by atoms with E-state index in [1.54, 1.807) is 92.8 Å². The highest BCUT2D eigenvalue weighted by atomic mass is 16.6. The van der Waals surface area contributed by atoms with Crippen LogP contribution in [0.5, 0.6) is 5.75 Å².